The van der Waals surface area contributed by atoms with Gasteiger partial charge in [-0.25, -0.2) is 8.42 Å². The molecule has 0 atom stereocenters. The molecule has 0 unspecified atom stereocenters. The van der Waals surface area contributed by atoms with Crippen molar-refractivity contribution in [1.29, 1.82) is 5.26 Å². The fraction of sp³-hybridized carbons (Fsp3) is 0.615. The zero-order chi connectivity index (χ0) is 14.6. The monoisotopic (exact) mass is 313 g/mol. The van der Waals surface area contributed by atoms with Crippen molar-refractivity contribution in [3.05, 3.63) is 17.0 Å². The average Bonchev–Trinajstić information content (AvgIpc) is 2.95. The molecule has 1 N–H and O–H groups in total. The van der Waals surface area contributed by atoms with Crippen LogP contribution in [0.4, 0.5) is 0 Å². The molecule has 0 spiro atoms. The summed E-state index contributed by atoms with van der Waals surface area (Å²) in [6.07, 6.45) is 1.78. The molecule has 110 valence electrons. The molecule has 0 aromatic carbocycles. The predicted octanol–water partition coefficient (Wildman–Crippen LogP) is 1.63. The van der Waals surface area contributed by atoms with Gasteiger partial charge in [-0.2, -0.15) is 9.57 Å². The van der Waals surface area contributed by atoms with Crippen LogP contribution in [0.3, 0.4) is 0 Å². The maximum absolute atomic E-state index is 12.4. The van der Waals surface area contributed by atoms with Crippen LogP contribution in [0.25, 0.3) is 0 Å². The molecule has 2 rings (SSSR count). The van der Waals surface area contributed by atoms with E-state index in [1.807, 2.05) is 6.07 Å². The number of sulfonamides is 1. The van der Waals surface area contributed by atoms with Gasteiger partial charge in [0.15, 0.2) is 0 Å². The Morgan fingerprint density at radius 3 is 2.70 bits per heavy atom. The molecule has 20 heavy (non-hydrogen) atoms. The van der Waals surface area contributed by atoms with Crippen LogP contribution in [-0.2, 0) is 10.0 Å². The van der Waals surface area contributed by atoms with Crippen molar-refractivity contribution in [3.63, 3.8) is 0 Å². The Kier molecular flexibility index (Phi) is 5.16. The number of nitrogens with one attached hydrogen (secondary N) is 1. The lowest BCUT2D eigenvalue weighted by molar-refractivity contribution is 0.269. The van der Waals surface area contributed by atoms with E-state index in [0.717, 1.165) is 37.3 Å². The minimum absolute atomic E-state index is 0.277. The highest BCUT2D eigenvalue weighted by Gasteiger charge is 2.30. The van der Waals surface area contributed by atoms with E-state index >= 15 is 0 Å². The minimum atomic E-state index is -3.41. The average molecular weight is 313 g/mol. The largest absolute Gasteiger partial charge is 0.317 e. The molecular weight excluding hydrogens is 294 g/mol. The van der Waals surface area contributed by atoms with Crippen LogP contribution < -0.4 is 5.32 Å². The van der Waals surface area contributed by atoms with Gasteiger partial charge in [-0.3, -0.25) is 0 Å². The van der Waals surface area contributed by atoms with Crippen molar-refractivity contribution >= 4 is 21.4 Å². The Labute approximate surface area is 124 Å². The van der Waals surface area contributed by atoms with Gasteiger partial charge >= 0.3 is 0 Å². The second-order valence-electron chi connectivity index (χ2n) is 4.89. The standard InChI is InChI=1S/C13H19N3O2S2/c1-2-15-10-11-5-7-16(8-6-11)20(17,18)13-4-3-12(9-14)19-13/h3-4,11,15H,2,5-8,10H2,1H3. The van der Waals surface area contributed by atoms with Gasteiger partial charge in [0.1, 0.15) is 15.2 Å². The molecule has 7 heteroatoms. The molecule has 1 aromatic heterocycles. The fourth-order valence-electron chi connectivity index (χ4n) is 2.35. The van der Waals surface area contributed by atoms with Gasteiger partial charge in [-0.15, -0.1) is 11.3 Å². The lowest BCUT2D eigenvalue weighted by Crippen LogP contribution is -2.40. The zero-order valence-corrected chi connectivity index (χ0v) is 13.1. The van der Waals surface area contributed by atoms with Crippen LogP contribution in [0, 0.1) is 17.2 Å². The maximum Gasteiger partial charge on any atom is 0.252 e. The van der Waals surface area contributed by atoms with Crippen molar-refractivity contribution in [3.8, 4) is 6.07 Å². The number of nitriles is 1. The summed E-state index contributed by atoms with van der Waals surface area (Å²) in [4.78, 5) is 0.436. The summed E-state index contributed by atoms with van der Waals surface area (Å²) < 4.78 is 26.7. The number of nitrogens with zero attached hydrogens (tertiary/aromatic N) is 2. The lowest BCUT2D eigenvalue weighted by atomic mass is 9.98. The summed E-state index contributed by atoms with van der Waals surface area (Å²) >= 11 is 1.05. The van der Waals surface area contributed by atoms with E-state index in [2.05, 4.69) is 12.2 Å². The topological polar surface area (TPSA) is 73.2 Å². The summed E-state index contributed by atoms with van der Waals surface area (Å²) in [6, 6.07) is 5.08. The normalized spacial score (nSPS) is 18.0. The number of hydrogen-bond donors (Lipinski definition) is 1. The minimum Gasteiger partial charge on any atom is -0.317 e. The first-order chi connectivity index (χ1) is 9.57. The Balaban J connectivity index is 2.00. The van der Waals surface area contributed by atoms with E-state index in [0.29, 0.717) is 23.9 Å². The number of hydrogen-bond acceptors (Lipinski definition) is 5. The third kappa shape index (κ3) is 3.38. The van der Waals surface area contributed by atoms with Gasteiger partial charge in [0.2, 0.25) is 0 Å². The Morgan fingerprint density at radius 1 is 1.45 bits per heavy atom. The Bertz CT molecular complexity index is 581. The second kappa shape index (κ2) is 6.68. The highest BCUT2D eigenvalue weighted by Crippen LogP contribution is 2.27. The highest BCUT2D eigenvalue weighted by atomic mass is 32.2. The lowest BCUT2D eigenvalue weighted by Gasteiger charge is -2.30. The van der Waals surface area contributed by atoms with Crippen molar-refractivity contribution in [2.45, 2.75) is 24.0 Å². The number of thiophene rings is 1. The van der Waals surface area contributed by atoms with Gasteiger partial charge in [-0.05, 0) is 44.0 Å². The third-order valence-electron chi connectivity index (χ3n) is 3.54. The van der Waals surface area contributed by atoms with Crippen LogP contribution in [0.1, 0.15) is 24.6 Å². The summed E-state index contributed by atoms with van der Waals surface area (Å²) in [6.45, 7) is 5.12. The van der Waals surface area contributed by atoms with Crippen LogP contribution >= 0.6 is 11.3 Å². The first-order valence-electron chi connectivity index (χ1n) is 6.78. The van der Waals surface area contributed by atoms with Gasteiger partial charge < -0.3 is 5.32 Å². The summed E-state index contributed by atoms with van der Waals surface area (Å²) in [5.41, 5.74) is 0. The molecule has 5 nitrogen and oxygen atoms in total. The summed E-state index contributed by atoms with van der Waals surface area (Å²) in [5, 5.41) is 12.1. The Morgan fingerprint density at radius 2 is 2.15 bits per heavy atom. The van der Waals surface area contributed by atoms with E-state index in [1.54, 1.807) is 10.4 Å². The number of rotatable bonds is 5. The third-order valence-corrected chi connectivity index (χ3v) is 6.90. The second-order valence-corrected chi connectivity index (χ2v) is 8.13. The SMILES string of the molecule is CCNCC1CCN(S(=O)(=O)c2ccc(C#N)s2)CC1. The molecule has 0 aliphatic carbocycles. The maximum atomic E-state index is 12.4. The molecule has 1 aliphatic heterocycles. The quantitative estimate of drug-likeness (QED) is 0.896. The van der Waals surface area contributed by atoms with Crippen LogP contribution in [0.2, 0.25) is 0 Å². The molecule has 2 heterocycles. The molecule has 1 aliphatic rings. The first kappa shape index (κ1) is 15.4. The van der Waals surface area contributed by atoms with E-state index in [1.165, 1.54) is 6.07 Å². The summed E-state index contributed by atoms with van der Waals surface area (Å²) in [7, 11) is -3.41. The predicted molar refractivity (Wildman–Crippen MR) is 79.1 cm³/mol. The fourth-order valence-corrected chi connectivity index (χ4v) is 5.08. The van der Waals surface area contributed by atoms with Crippen LogP contribution in [0.15, 0.2) is 16.3 Å². The van der Waals surface area contributed by atoms with E-state index in [4.69, 9.17) is 5.26 Å². The van der Waals surface area contributed by atoms with E-state index < -0.39 is 10.0 Å². The molecule has 1 saturated heterocycles. The van der Waals surface area contributed by atoms with Crippen molar-refractivity contribution in [1.82, 2.24) is 9.62 Å². The van der Waals surface area contributed by atoms with E-state index in [-0.39, 0.29) is 4.21 Å². The molecule has 1 fully saturated rings. The van der Waals surface area contributed by atoms with Crippen LogP contribution in [0.5, 0.6) is 0 Å². The van der Waals surface area contributed by atoms with Crippen molar-refractivity contribution in [2.24, 2.45) is 5.92 Å². The zero-order valence-electron chi connectivity index (χ0n) is 11.5. The number of piperidine rings is 1. The van der Waals surface area contributed by atoms with Crippen molar-refractivity contribution in [2.75, 3.05) is 26.2 Å². The molecule has 0 saturated carbocycles. The Hall–Kier alpha value is -0.940. The van der Waals surface area contributed by atoms with Gasteiger partial charge in [-0.1, -0.05) is 6.92 Å². The summed E-state index contributed by atoms with van der Waals surface area (Å²) in [5.74, 6) is 0.555. The van der Waals surface area contributed by atoms with Gasteiger partial charge in [0.05, 0.1) is 0 Å². The van der Waals surface area contributed by atoms with Crippen LogP contribution in [-0.4, -0.2) is 38.9 Å². The smallest absolute Gasteiger partial charge is 0.252 e. The van der Waals surface area contributed by atoms with Gasteiger partial charge in [0, 0.05) is 13.1 Å². The molecule has 0 radical (unpaired) electrons. The molecular formula is C13H19N3O2S2. The van der Waals surface area contributed by atoms with Gasteiger partial charge in [0.25, 0.3) is 10.0 Å². The molecule has 0 bridgehead atoms. The van der Waals surface area contributed by atoms with E-state index in [9.17, 15) is 8.42 Å². The molecule has 1 aromatic rings. The highest BCUT2D eigenvalue weighted by molar-refractivity contribution is 7.91. The van der Waals surface area contributed by atoms with Crippen molar-refractivity contribution < 1.29 is 8.42 Å². The molecule has 0 amide bonds. The first-order valence-corrected chi connectivity index (χ1v) is 9.04.